The van der Waals surface area contributed by atoms with Crippen LogP contribution in [0.3, 0.4) is 0 Å². The smallest absolute Gasteiger partial charge is 0.231 e. The molecule has 3 aromatic carbocycles. The van der Waals surface area contributed by atoms with Crippen molar-refractivity contribution in [3.63, 3.8) is 0 Å². The van der Waals surface area contributed by atoms with Gasteiger partial charge in [0.15, 0.2) is 16.9 Å². The van der Waals surface area contributed by atoms with Crippen molar-refractivity contribution in [3.8, 4) is 11.5 Å². The summed E-state index contributed by atoms with van der Waals surface area (Å²) in [6, 6.07) is 23.9. The van der Waals surface area contributed by atoms with Crippen molar-refractivity contribution in [1.29, 1.82) is 0 Å². The molecule has 0 bridgehead atoms. The molecule has 0 saturated heterocycles. The molecule has 2 aliphatic heterocycles. The average molecular weight is 422 g/mol. The molecule has 5 heteroatoms. The molecule has 1 atom stereocenters. The van der Waals surface area contributed by atoms with Gasteiger partial charge in [0.1, 0.15) is 0 Å². The number of rotatable bonds is 4. The van der Waals surface area contributed by atoms with Crippen molar-refractivity contribution < 1.29 is 9.47 Å². The number of nitrogens with one attached hydrogen (secondary N) is 1. The van der Waals surface area contributed by atoms with Gasteiger partial charge in [-0.3, -0.25) is 9.69 Å². The fraction of sp³-hybridized carbons (Fsp3) is 0.148. The van der Waals surface area contributed by atoms with E-state index in [0.29, 0.717) is 13.1 Å². The van der Waals surface area contributed by atoms with Gasteiger partial charge >= 0.3 is 0 Å². The first-order valence-corrected chi connectivity index (χ1v) is 10.8. The largest absolute Gasteiger partial charge is 0.454 e. The molecule has 0 aliphatic carbocycles. The van der Waals surface area contributed by atoms with Crippen LogP contribution in [0.25, 0.3) is 17.0 Å². The Morgan fingerprint density at radius 1 is 0.969 bits per heavy atom. The highest BCUT2D eigenvalue weighted by Gasteiger charge is 2.34. The van der Waals surface area contributed by atoms with Crippen LogP contribution < -0.4 is 14.9 Å². The van der Waals surface area contributed by atoms with Crippen LogP contribution in [-0.2, 0) is 6.54 Å². The zero-order valence-electron chi connectivity index (χ0n) is 17.5. The van der Waals surface area contributed by atoms with E-state index in [2.05, 4.69) is 40.2 Å². The second kappa shape index (κ2) is 7.70. The third-order valence-corrected chi connectivity index (χ3v) is 6.20. The second-order valence-corrected chi connectivity index (χ2v) is 8.15. The summed E-state index contributed by atoms with van der Waals surface area (Å²) in [5.74, 6) is 1.51. The van der Waals surface area contributed by atoms with Gasteiger partial charge in [0.25, 0.3) is 0 Å². The second-order valence-electron chi connectivity index (χ2n) is 8.15. The Bertz CT molecular complexity index is 1390. The number of aromatic amines is 1. The minimum Gasteiger partial charge on any atom is -0.454 e. The third kappa shape index (κ3) is 3.18. The summed E-state index contributed by atoms with van der Waals surface area (Å²) < 4.78 is 11.1. The molecule has 1 N–H and O–H groups in total. The van der Waals surface area contributed by atoms with Gasteiger partial charge in [-0.2, -0.15) is 0 Å². The van der Waals surface area contributed by atoms with Crippen LogP contribution in [0.5, 0.6) is 11.5 Å². The molecule has 158 valence electrons. The van der Waals surface area contributed by atoms with Crippen LogP contribution in [0, 0.1) is 0 Å². The van der Waals surface area contributed by atoms with Gasteiger partial charge in [0.05, 0.1) is 6.04 Å². The maximum atomic E-state index is 13.3. The van der Waals surface area contributed by atoms with Crippen molar-refractivity contribution >= 4 is 17.0 Å². The van der Waals surface area contributed by atoms with Gasteiger partial charge in [0, 0.05) is 35.2 Å². The van der Waals surface area contributed by atoms with Crippen LogP contribution >= 0.6 is 0 Å². The van der Waals surface area contributed by atoms with Crippen LogP contribution in [0.2, 0.25) is 0 Å². The lowest BCUT2D eigenvalue weighted by Crippen LogP contribution is -2.23. The predicted molar refractivity (Wildman–Crippen MR) is 125 cm³/mol. The highest BCUT2D eigenvalue weighted by atomic mass is 16.7. The molecule has 3 heterocycles. The molecule has 32 heavy (non-hydrogen) atoms. The van der Waals surface area contributed by atoms with Crippen molar-refractivity contribution in [2.45, 2.75) is 12.6 Å². The maximum absolute atomic E-state index is 13.3. The number of benzene rings is 3. The lowest BCUT2D eigenvalue weighted by atomic mass is 10.0. The van der Waals surface area contributed by atoms with E-state index < -0.39 is 0 Å². The number of nitrogens with zero attached hydrogens (tertiary/aromatic N) is 1. The molecule has 1 aromatic heterocycles. The topological polar surface area (TPSA) is 54.6 Å². The van der Waals surface area contributed by atoms with Crippen LogP contribution in [0.1, 0.15) is 28.4 Å². The minimum absolute atomic E-state index is 0.0720. The highest BCUT2D eigenvalue weighted by Crippen LogP contribution is 2.41. The molecule has 0 fully saturated rings. The zero-order valence-corrected chi connectivity index (χ0v) is 17.5. The van der Waals surface area contributed by atoms with Gasteiger partial charge < -0.3 is 14.5 Å². The molecule has 0 spiro atoms. The molecule has 6 rings (SSSR count). The lowest BCUT2D eigenvalue weighted by Gasteiger charge is -2.24. The van der Waals surface area contributed by atoms with Crippen molar-refractivity contribution in [1.82, 2.24) is 9.88 Å². The minimum atomic E-state index is -0.0720. The van der Waals surface area contributed by atoms with E-state index in [9.17, 15) is 4.79 Å². The summed E-state index contributed by atoms with van der Waals surface area (Å²) in [4.78, 5) is 19.2. The molecular weight excluding hydrogens is 400 g/mol. The molecule has 5 nitrogen and oxygen atoms in total. The monoisotopic (exact) mass is 422 g/mol. The molecular formula is C27H22N2O3. The Labute approximate surface area is 185 Å². The number of ether oxygens (including phenoxy) is 2. The van der Waals surface area contributed by atoms with Crippen molar-refractivity contribution in [2.75, 3.05) is 13.3 Å². The Balaban J connectivity index is 1.43. The summed E-state index contributed by atoms with van der Waals surface area (Å²) in [6.07, 6.45) is 4.28. The first-order chi connectivity index (χ1) is 15.8. The van der Waals surface area contributed by atoms with E-state index >= 15 is 0 Å². The fourth-order valence-electron chi connectivity index (χ4n) is 4.68. The number of para-hydroxylation sites is 1. The van der Waals surface area contributed by atoms with E-state index in [0.717, 1.165) is 44.8 Å². The van der Waals surface area contributed by atoms with Crippen molar-refractivity contribution in [3.05, 3.63) is 111 Å². The van der Waals surface area contributed by atoms with E-state index in [-0.39, 0.29) is 18.3 Å². The Morgan fingerprint density at radius 2 is 1.78 bits per heavy atom. The number of pyridine rings is 1. The summed E-state index contributed by atoms with van der Waals surface area (Å²) in [7, 11) is 0. The average Bonchev–Trinajstić information content (AvgIpc) is 3.44. The Hall–Kier alpha value is -3.83. The van der Waals surface area contributed by atoms with Gasteiger partial charge in [0.2, 0.25) is 6.79 Å². The number of hydrogen-bond acceptors (Lipinski definition) is 4. The fourth-order valence-corrected chi connectivity index (χ4v) is 4.68. The van der Waals surface area contributed by atoms with E-state index in [1.54, 1.807) is 0 Å². The van der Waals surface area contributed by atoms with E-state index in [4.69, 9.17) is 9.47 Å². The van der Waals surface area contributed by atoms with Gasteiger partial charge in [-0.1, -0.05) is 60.7 Å². The van der Waals surface area contributed by atoms with Gasteiger partial charge in [-0.05, 0) is 35.4 Å². The molecule has 0 amide bonds. The van der Waals surface area contributed by atoms with Gasteiger partial charge in [-0.15, -0.1) is 0 Å². The SMILES string of the molecule is O=c1c2c([nH]c3ccccc13)C(c1ccc3c(c1)OCO3)N(C/C=C/c1ccccc1)C2. The lowest BCUT2D eigenvalue weighted by molar-refractivity contribution is 0.174. The first kappa shape index (κ1) is 18.9. The quantitative estimate of drug-likeness (QED) is 0.510. The summed E-state index contributed by atoms with van der Waals surface area (Å²) >= 11 is 0. The normalized spacial score (nSPS) is 17.3. The Kier molecular flexibility index (Phi) is 4.55. The van der Waals surface area contributed by atoms with E-state index in [1.165, 1.54) is 0 Å². The zero-order chi connectivity index (χ0) is 21.5. The Morgan fingerprint density at radius 3 is 2.69 bits per heavy atom. The number of hydrogen-bond donors (Lipinski definition) is 1. The molecule has 4 aromatic rings. The molecule has 1 unspecified atom stereocenters. The summed E-state index contributed by atoms with van der Waals surface area (Å²) in [6.45, 7) is 1.55. The molecule has 0 radical (unpaired) electrons. The molecule has 2 aliphatic rings. The number of aromatic nitrogens is 1. The summed E-state index contributed by atoms with van der Waals surface area (Å²) in [5, 5.41) is 0.734. The molecule has 0 saturated carbocycles. The van der Waals surface area contributed by atoms with Crippen molar-refractivity contribution in [2.24, 2.45) is 0 Å². The third-order valence-electron chi connectivity index (χ3n) is 6.20. The summed E-state index contributed by atoms with van der Waals surface area (Å²) in [5.41, 5.74) is 5.00. The highest BCUT2D eigenvalue weighted by molar-refractivity contribution is 5.79. The first-order valence-electron chi connectivity index (χ1n) is 10.8. The number of fused-ring (bicyclic) bond motifs is 3. The predicted octanol–water partition coefficient (Wildman–Crippen LogP) is 4.88. The van der Waals surface area contributed by atoms with Crippen LogP contribution in [0.15, 0.2) is 83.7 Å². The standard InChI is InChI=1S/C27H22N2O3/c30-27-20-10-4-5-11-22(20)28-25-21(27)16-29(14-6-9-18-7-2-1-3-8-18)26(25)19-12-13-23-24(15-19)32-17-31-23/h1-13,15,26H,14,16-17H2,(H,28,30)/b9-6+. The maximum Gasteiger partial charge on any atom is 0.231 e. The van der Waals surface area contributed by atoms with E-state index in [1.807, 2.05) is 54.6 Å². The van der Waals surface area contributed by atoms with Crippen LogP contribution in [0.4, 0.5) is 0 Å². The van der Waals surface area contributed by atoms with Crippen LogP contribution in [-0.4, -0.2) is 23.2 Å². The van der Waals surface area contributed by atoms with Gasteiger partial charge in [-0.25, -0.2) is 0 Å². The number of H-pyrrole nitrogens is 1.